The van der Waals surface area contributed by atoms with E-state index in [2.05, 4.69) is 10.3 Å². The summed E-state index contributed by atoms with van der Waals surface area (Å²) in [6, 6.07) is 1.34. The van der Waals surface area contributed by atoms with Gasteiger partial charge in [-0.05, 0) is 30.6 Å². The van der Waals surface area contributed by atoms with E-state index in [0.29, 0.717) is 13.0 Å². The molecule has 2 amide bonds. The monoisotopic (exact) mass is 389 g/mol. The van der Waals surface area contributed by atoms with E-state index in [4.69, 9.17) is 4.74 Å². The maximum Gasteiger partial charge on any atom is 0.274 e. The van der Waals surface area contributed by atoms with Gasteiger partial charge in [0.1, 0.15) is 6.23 Å². The number of methoxy groups -OCH3 is 1. The van der Waals surface area contributed by atoms with E-state index in [1.54, 1.807) is 4.90 Å². The fourth-order valence-corrected chi connectivity index (χ4v) is 5.47. The number of hydrogen-bond donors (Lipinski definition) is 3. The van der Waals surface area contributed by atoms with Gasteiger partial charge in [0.25, 0.3) is 5.91 Å². The average Bonchev–Trinajstić information content (AvgIpc) is 3.29. The lowest BCUT2D eigenvalue weighted by Gasteiger charge is -2.32. The number of aromatic nitrogens is 1. The molecule has 1 aliphatic heterocycles. The molecule has 4 unspecified atom stereocenters. The molecular formula is C20H27N3O5. The van der Waals surface area contributed by atoms with Crippen LogP contribution in [0.3, 0.4) is 0 Å². The number of nitrogens with zero attached hydrogens (tertiary/aromatic N) is 2. The fraction of sp³-hybridized carbons (Fsp3) is 0.650. The lowest BCUT2D eigenvalue weighted by molar-refractivity contribution is -0.137. The number of aliphatic hydroxyl groups is 1. The Morgan fingerprint density at radius 1 is 1.43 bits per heavy atom. The van der Waals surface area contributed by atoms with E-state index in [1.165, 1.54) is 19.4 Å². The molecule has 3 N–H and O–H groups in total. The predicted octanol–water partition coefficient (Wildman–Crippen LogP) is 0.983. The second kappa shape index (κ2) is 6.92. The van der Waals surface area contributed by atoms with Crippen LogP contribution in [-0.2, 0) is 4.79 Å². The minimum absolute atomic E-state index is 0.0443. The van der Waals surface area contributed by atoms with Crippen LogP contribution >= 0.6 is 0 Å². The number of fused-ring (bicyclic) bond motifs is 5. The molecule has 0 aromatic carbocycles. The van der Waals surface area contributed by atoms with Crippen molar-refractivity contribution in [1.82, 2.24) is 15.2 Å². The van der Waals surface area contributed by atoms with Crippen LogP contribution in [-0.4, -0.2) is 57.8 Å². The summed E-state index contributed by atoms with van der Waals surface area (Å²) in [5.74, 6) is -0.310. The molecule has 2 heterocycles. The number of aromatic hydroxyl groups is 1. The maximum absolute atomic E-state index is 12.8. The summed E-state index contributed by atoms with van der Waals surface area (Å²) < 4.78 is 5.04. The normalized spacial score (nSPS) is 33.5. The van der Waals surface area contributed by atoms with Gasteiger partial charge >= 0.3 is 0 Å². The third-order valence-corrected chi connectivity index (χ3v) is 6.50. The Hall–Kier alpha value is -2.35. The van der Waals surface area contributed by atoms with Crippen LogP contribution in [0.15, 0.2) is 12.3 Å². The lowest BCUT2D eigenvalue weighted by Crippen LogP contribution is -2.46. The number of rotatable bonds is 5. The van der Waals surface area contributed by atoms with Crippen molar-refractivity contribution in [2.45, 2.75) is 39.0 Å². The van der Waals surface area contributed by atoms with Crippen LogP contribution in [0.2, 0.25) is 0 Å². The molecule has 0 radical (unpaired) electrons. The summed E-state index contributed by atoms with van der Waals surface area (Å²) >= 11 is 0. The number of nitrogens with one attached hydrogen (secondary N) is 1. The zero-order valence-electron chi connectivity index (χ0n) is 16.3. The highest BCUT2D eigenvalue weighted by molar-refractivity contribution is 5.95. The number of aliphatic hydroxyl groups excluding tert-OH is 1. The average molecular weight is 389 g/mol. The Bertz CT molecular complexity index is 798. The summed E-state index contributed by atoms with van der Waals surface area (Å²) in [7, 11) is 1.41. The summed E-state index contributed by atoms with van der Waals surface area (Å²) in [5, 5.41) is 23.9. The van der Waals surface area contributed by atoms with Gasteiger partial charge in [-0.2, -0.15) is 0 Å². The molecule has 8 nitrogen and oxygen atoms in total. The van der Waals surface area contributed by atoms with Crippen molar-refractivity contribution in [3.63, 3.8) is 0 Å². The van der Waals surface area contributed by atoms with Gasteiger partial charge < -0.3 is 25.2 Å². The van der Waals surface area contributed by atoms with Gasteiger partial charge in [-0.25, -0.2) is 4.98 Å². The number of hydrogen-bond acceptors (Lipinski definition) is 6. The minimum atomic E-state index is -0.794. The Morgan fingerprint density at radius 3 is 2.86 bits per heavy atom. The smallest absolute Gasteiger partial charge is 0.274 e. The third-order valence-electron chi connectivity index (χ3n) is 6.50. The van der Waals surface area contributed by atoms with Crippen molar-refractivity contribution in [3.8, 4) is 11.5 Å². The molecule has 3 aliphatic rings. The molecule has 4 rings (SSSR count). The zero-order chi connectivity index (χ0) is 20.2. The van der Waals surface area contributed by atoms with E-state index < -0.39 is 12.1 Å². The highest BCUT2D eigenvalue weighted by Crippen LogP contribution is 2.57. The molecule has 152 valence electrons. The number of pyridine rings is 1. The van der Waals surface area contributed by atoms with Gasteiger partial charge in [0.05, 0.1) is 7.11 Å². The molecule has 1 aromatic rings. The first-order valence-electron chi connectivity index (χ1n) is 9.84. The molecule has 2 aliphatic carbocycles. The third kappa shape index (κ3) is 2.82. The van der Waals surface area contributed by atoms with E-state index in [1.807, 2.05) is 13.8 Å². The van der Waals surface area contributed by atoms with Crippen LogP contribution in [0.4, 0.5) is 0 Å². The SMILES string of the molecule is COc1ccnc(C(=O)N[C@@H]2CC3CC2[C@@H]2C3C(=O)N(CC(C)C)C2O)c1O. The number of carbonyl (C=O) groups is 2. The van der Waals surface area contributed by atoms with Crippen molar-refractivity contribution < 1.29 is 24.5 Å². The first-order chi connectivity index (χ1) is 13.3. The van der Waals surface area contributed by atoms with Crippen LogP contribution in [0.25, 0.3) is 0 Å². The van der Waals surface area contributed by atoms with Crippen molar-refractivity contribution in [2.75, 3.05) is 13.7 Å². The van der Waals surface area contributed by atoms with E-state index in [9.17, 15) is 19.8 Å². The van der Waals surface area contributed by atoms with Gasteiger partial charge in [-0.15, -0.1) is 0 Å². The van der Waals surface area contributed by atoms with Gasteiger partial charge in [-0.1, -0.05) is 13.8 Å². The van der Waals surface area contributed by atoms with E-state index in [0.717, 1.165) is 6.42 Å². The minimum Gasteiger partial charge on any atom is -0.503 e. The molecule has 2 bridgehead atoms. The number of amides is 2. The molecule has 2 saturated carbocycles. The number of likely N-dealkylation sites (tertiary alicyclic amines) is 1. The molecule has 1 aromatic heterocycles. The van der Waals surface area contributed by atoms with Crippen LogP contribution in [0.5, 0.6) is 11.5 Å². The van der Waals surface area contributed by atoms with Gasteiger partial charge in [0, 0.05) is 36.7 Å². The first kappa shape index (κ1) is 19.0. The molecule has 8 heteroatoms. The molecular weight excluding hydrogens is 362 g/mol. The van der Waals surface area contributed by atoms with Crippen LogP contribution < -0.4 is 10.1 Å². The standard InChI is InChI=1S/C20H27N3O5/c1-9(2)8-23-19(26)14-10-6-11(15(14)20(23)27)12(7-10)22-18(25)16-17(24)13(28-3)4-5-21-16/h4-5,9-12,14-15,20,24,27H,6-8H2,1-3H3,(H,22,25)/t10?,11?,12-,14?,15-,20?/m1/s1. The largest absolute Gasteiger partial charge is 0.503 e. The lowest BCUT2D eigenvalue weighted by atomic mass is 9.78. The molecule has 1 saturated heterocycles. The second-order valence-corrected chi connectivity index (χ2v) is 8.59. The Balaban J connectivity index is 1.50. The Kier molecular flexibility index (Phi) is 4.69. The first-order valence-corrected chi connectivity index (χ1v) is 9.84. The van der Waals surface area contributed by atoms with E-state index >= 15 is 0 Å². The summed E-state index contributed by atoms with van der Waals surface area (Å²) in [6.45, 7) is 4.60. The predicted molar refractivity (Wildman–Crippen MR) is 99.5 cm³/mol. The summed E-state index contributed by atoms with van der Waals surface area (Å²) in [6.07, 6.45) is 2.15. The highest BCUT2D eigenvalue weighted by Gasteiger charge is 2.63. The Morgan fingerprint density at radius 2 is 2.18 bits per heavy atom. The number of carbonyl (C=O) groups excluding carboxylic acids is 2. The molecule has 3 fully saturated rings. The summed E-state index contributed by atoms with van der Waals surface area (Å²) in [5.41, 5.74) is -0.0804. The quantitative estimate of drug-likeness (QED) is 0.692. The van der Waals surface area contributed by atoms with Gasteiger partial charge in [-0.3, -0.25) is 9.59 Å². The van der Waals surface area contributed by atoms with Crippen molar-refractivity contribution in [2.24, 2.45) is 29.6 Å². The second-order valence-electron chi connectivity index (χ2n) is 8.59. The molecule has 6 atom stereocenters. The van der Waals surface area contributed by atoms with Gasteiger partial charge in [0.15, 0.2) is 17.2 Å². The van der Waals surface area contributed by atoms with Crippen molar-refractivity contribution in [3.05, 3.63) is 18.0 Å². The zero-order valence-corrected chi connectivity index (χ0v) is 16.3. The van der Waals surface area contributed by atoms with Crippen LogP contribution in [0, 0.1) is 29.6 Å². The molecule has 0 spiro atoms. The van der Waals surface area contributed by atoms with Crippen molar-refractivity contribution >= 4 is 11.8 Å². The maximum atomic E-state index is 12.8. The van der Waals surface area contributed by atoms with Crippen molar-refractivity contribution in [1.29, 1.82) is 0 Å². The van der Waals surface area contributed by atoms with Crippen LogP contribution in [0.1, 0.15) is 37.2 Å². The van der Waals surface area contributed by atoms with Gasteiger partial charge in [0.2, 0.25) is 5.91 Å². The fourth-order valence-electron chi connectivity index (χ4n) is 5.47. The highest BCUT2D eigenvalue weighted by atomic mass is 16.5. The topological polar surface area (TPSA) is 112 Å². The molecule has 28 heavy (non-hydrogen) atoms. The van der Waals surface area contributed by atoms with E-state index in [-0.39, 0.29) is 58.7 Å². The summed E-state index contributed by atoms with van der Waals surface area (Å²) in [4.78, 5) is 31.1. The Labute approximate surface area is 163 Å². The number of ether oxygens (including phenoxy) is 1.